The minimum absolute atomic E-state index is 0.659. The lowest BCUT2D eigenvalue weighted by Gasteiger charge is -2.11. The maximum Gasteiger partial charge on any atom is 0.227 e. The van der Waals surface area contributed by atoms with E-state index in [1.54, 1.807) is 12.5 Å². The molecule has 0 atom stereocenters. The fourth-order valence-corrected chi connectivity index (χ4v) is 4.63. The zero-order chi connectivity index (χ0) is 15.9. The van der Waals surface area contributed by atoms with Crippen LogP contribution >= 0.6 is 11.3 Å². The van der Waals surface area contributed by atoms with Crippen molar-refractivity contribution in [2.45, 2.75) is 32.2 Å². The molecule has 4 aromatic rings. The molecule has 0 saturated carbocycles. The van der Waals surface area contributed by atoms with Crippen molar-refractivity contribution in [1.82, 2.24) is 24.6 Å². The molecule has 4 aromatic heterocycles. The van der Waals surface area contributed by atoms with E-state index in [9.17, 15) is 0 Å². The molecule has 1 N–H and O–H groups in total. The maximum atomic E-state index is 4.84. The third-order valence-corrected chi connectivity index (χ3v) is 5.69. The number of anilines is 1. The van der Waals surface area contributed by atoms with Gasteiger partial charge >= 0.3 is 0 Å². The van der Waals surface area contributed by atoms with Gasteiger partial charge in [0.1, 0.15) is 11.2 Å². The summed E-state index contributed by atoms with van der Waals surface area (Å²) in [5.41, 5.74) is 3.46. The first-order valence-electron chi connectivity index (χ1n) is 8.17. The molecule has 4 heterocycles. The van der Waals surface area contributed by atoms with E-state index in [2.05, 4.69) is 20.4 Å². The molecule has 5 rings (SSSR count). The first-order valence-corrected chi connectivity index (χ1v) is 8.98. The van der Waals surface area contributed by atoms with E-state index in [1.165, 1.54) is 28.7 Å². The first kappa shape index (κ1) is 13.9. The van der Waals surface area contributed by atoms with Crippen molar-refractivity contribution < 1.29 is 0 Å². The third-order valence-electron chi connectivity index (χ3n) is 4.51. The lowest BCUT2D eigenvalue weighted by Crippen LogP contribution is -2.08. The third kappa shape index (κ3) is 2.16. The Labute approximate surface area is 142 Å². The van der Waals surface area contributed by atoms with Crippen LogP contribution in [0.1, 0.15) is 28.8 Å². The fraction of sp³-hybridized carbons (Fsp3) is 0.294. The molecule has 0 saturated heterocycles. The molecule has 1 aliphatic rings. The first-order chi connectivity index (χ1) is 11.9. The van der Waals surface area contributed by atoms with E-state index in [4.69, 9.17) is 4.98 Å². The molecule has 24 heavy (non-hydrogen) atoms. The SMILES string of the molecule is c1cncc(CNc2nc3sc4c(c3c3ncnn23)CCCC4)c1. The Morgan fingerprint density at radius 1 is 1.25 bits per heavy atom. The topological polar surface area (TPSA) is 68.0 Å². The Kier molecular flexibility index (Phi) is 3.19. The van der Waals surface area contributed by atoms with Crippen molar-refractivity contribution in [3.8, 4) is 0 Å². The number of aromatic nitrogens is 5. The molecular weight excluding hydrogens is 320 g/mol. The summed E-state index contributed by atoms with van der Waals surface area (Å²) in [5, 5.41) is 8.95. The molecule has 120 valence electrons. The van der Waals surface area contributed by atoms with Crippen LogP contribution in [0.4, 0.5) is 5.95 Å². The summed E-state index contributed by atoms with van der Waals surface area (Å²) in [6.45, 7) is 0.659. The van der Waals surface area contributed by atoms with Gasteiger partial charge in [-0.25, -0.2) is 9.97 Å². The lowest BCUT2D eigenvalue weighted by atomic mass is 9.97. The Morgan fingerprint density at radius 2 is 2.21 bits per heavy atom. The number of nitrogens with zero attached hydrogens (tertiary/aromatic N) is 5. The zero-order valence-electron chi connectivity index (χ0n) is 13.1. The van der Waals surface area contributed by atoms with E-state index in [-0.39, 0.29) is 0 Å². The summed E-state index contributed by atoms with van der Waals surface area (Å²) < 4.78 is 1.82. The van der Waals surface area contributed by atoms with Crippen molar-refractivity contribution >= 4 is 33.1 Å². The maximum absolute atomic E-state index is 4.84. The summed E-state index contributed by atoms with van der Waals surface area (Å²) in [6.07, 6.45) is 10.1. The van der Waals surface area contributed by atoms with Gasteiger partial charge in [0.05, 0.1) is 5.39 Å². The molecule has 7 heteroatoms. The molecule has 0 aliphatic heterocycles. The molecule has 0 bridgehead atoms. The van der Waals surface area contributed by atoms with Crippen LogP contribution in [0.25, 0.3) is 15.9 Å². The van der Waals surface area contributed by atoms with Gasteiger partial charge in [0.15, 0.2) is 5.65 Å². The highest BCUT2D eigenvalue weighted by Crippen LogP contribution is 2.37. The minimum Gasteiger partial charge on any atom is -0.350 e. The lowest BCUT2D eigenvalue weighted by molar-refractivity contribution is 0.700. The number of rotatable bonds is 3. The highest BCUT2D eigenvalue weighted by molar-refractivity contribution is 7.19. The van der Waals surface area contributed by atoms with E-state index >= 15 is 0 Å². The van der Waals surface area contributed by atoms with E-state index < -0.39 is 0 Å². The second kappa shape index (κ2) is 5.52. The van der Waals surface area contributed by atoms with Gasteiger partial charge in [-0.1, -0.05) is 6.07 Å². The van der Waals surface area contributed by atoms with Crippen LogP contribution in [0.5, 0.6) is 0 Å². The number of hydrogen-bond donors (Lipinski definition) is 1. The van der Waals surface area contributed by atoms with Gasteiger partial charge in [0, 0.05) is 23.8 Å². The molecular formula is C17H16N6S. The van der Waals surface area contributed by atoms with Crippen LogP contribution in [-0.2, 0) is 19.4 Å². The quantitative estimate of drug-likeness (QED) is 0.622. The van der Waals surface area contributed by atoms with E-state index in [0.717, 1.165) is 34.8 Å². The van der Waals surface area contributed by atoms with Crippen molar-refractivity contribution in [3.05, 3.63) is 46.9 Å². The average Bonchev–Trinajstić information content (AvgIpc) is 3.24. The van der Waals surface area contributed by atoms with E-state index in [1.807, 2.05) is 34.2 Å². The number of nitrogens with one attached hydrogen (secondary N) is 1. The summed E-state index contributed by atoms with van der Waals surface area (Å²) in [5.74, 6) is 0.734. The number of fused-ring (bicyclic) bond motifs is 5. The number of pyridine rings is 1. The summed E-state index contributed by atoms with van der Waals surface area (Å²) in [7, 11) is 0. The molecule has 0 fully saturated rings. The number of hydrogen-bond acceptors (Lipinski definition) is 6. The van der Waals surface area contributed by atoms with Gasteiger partial charge in [-0.3, -0.25) is 4.98 Å². The van der Waals surface area contributed by atoms with Crippen LogP contribution < -0.4 is 5.32 Å². The molecule has 0 unspecified atom stereocenters. The van der Waals surface area contributed by atoms with Gasteiger partial charge in [-0.2, -0.15) is 9.61 Å². The summed E-state index contributed by atoms with van der Waals surface area (Å²) in [6, 6.07) is 3.98. The smallest absolute Gasteiger partial charge is 0.227 e. The predicted molar refractivity (Wildman–Crippen MR) is 94.4 cm³/mol. The van der Waals surface area contributed by atoms with Crippen molar-refractivity contribution in [2.24, 2.45) is 0 Å². The van der Waals surface area contributed by atoms with Crippen LogP contribution in [-0.4, -0.2) is 24.6 Å². The highest BCUT2D eigenvalue weighted by Gasteiger charge is 2.21. The summed E-state index contributed by atoms with van der Waals surface area (Å²) >= 11 is 1.81. The Balaban J connectivity index is 1.62. The van der Waals surface area contributed by atoms with Gasteiger partial charge in [-0.05, 0) is 42.9 Å². The fourth-order valence-electron chi connectivity index (χ4n) is 3.37. The van der Waals surface area contributed by atoms with Crippen molar-refractivity contribution in [3.63, 3.8) is 0 Å². The Hall–Kier alpha value is -2.54. The van der Waals surface area contributed by atoms with E-state index in [0.29, 0.717) is 6.54 Å². The van der Waals surface area contributed by atoms with Gasteiger partial charge in [0.25, 0.3) is 0 Å². The molecule has 0 spiro atoms. The second-order valence-electron chi connectivity index (χ2n) is 6.04. The average molecular weight is 336 g/mol. The normalized spacial score (nSPS) is 14.2. The standard InChI is InChI=1S/C17H16N6S/c1-2-6-13-12(5-1)14-15-20-10-21-23(15)17(22-16(14)24-13)19-9-11-4-3-7-18-8-11/h3-4,7-8,10H,1-2,5-6,9H2,(H,19,22). The largest absolute Gasteiger partial charge is 0.350 e. The predicted octanol–water partition coefficient (Wildman–Crippen LogP) is 3.22. The van der Waals surface area contributed by atoms with Gasteiger partial charge in [-0.15, -0.1) is 11.3 Å². The molecule has 0 radical (unpaired) electrons. The molecule has 0 aromatic carbocycles. The van der Waals surface area contributed by atoms with Crippen molar-refractivity contribution in [1.29, 1.82) is 0 Å². The monoisotopic (exact) mass is 336 g/mol. The second-order valence-corrected chi connectivity index (χ2v) is 7.12. The number of thiophene rings is 1. The van der Waals surface area contributed by atoms with Crippen LogP contribution in [0.2, 0.25) is 0 Å². The number of aryl methyl sites for hydroxylation is 2. The Bertz CT molecular complexity index is 1020. The van der Waals surface area contributed by atoms with Crippen LogP contribution in [0.3, 0.4) is 0 Å². The molecule has 1 aliphatic carbocycles. The highest BCUT2D eigenvalue weighted by atomic mass is 32.1. The zero-order valence-corrected chi connectivity index (χ0v) is 13.9. The van der Waals surface area contributed by atoms with Gasteiger partial charge < -0.3 is 5.32 Å². The summed E-state index contributed by atoms with van der Waals surface area (Å²) in [4.78, 5) is 16.0. The Morgan fingerprint density at radius 3 is 3.12 bits per heavy atom. The van der Waals surface area contributed by atoms with Gasteiger partial charge in [0.2, 0.25) is 5.95 Å². The van der Waals surface area contributed by atoms with Crippen molar-refractivity contribution in [2.75, 3.05) is 5.32 Å². The van der Waals surface area contributed by atoms with Crippen LogP contribution in [0, 0.1) is 0 Å². The minimum atomic E-state index is 0.659. The van der Waals surface area contributed by atoms with Crippen LogP contribution in [0.15, 0.2) is 30.9 Å². The molecule has 6 nitrogen and oxygen atoms in total. The molecule has 0 amide bonds.